The summed E-state index contributed by atoms with van der Waals surface area (Å²) in [5.74, 6) is -1.79. The molecule has 0 bridgehead atoms. The lowest BCUT2D eigenvalue weighted by molar-refractivity contribution is -0.192. The summed E-state index contributed by atoms with van der Waals surface area (Å²) in [6.45, 7) is 6.13. The smallest absolute Gasteiger partial charge is 0.475 e. The van der Waals surface area contributed by atoms with Crippen molar-refractivity contribution in [3.63, 3.8) is 0 Å². The van der Waals surface area contributed by atoms with Gasteiger partial charge >= 0.3 is 12.1 Å². The third-order valence-electron chi connectivity index (χ3n) is 5.20. The number of aliphatic carboxylic acids is 1. The van der Waals surface area contributed by atoms with Crippen LogP contribution < -0.4 is 10.6 Å². The molecule has 3 N–H and O–H groups in total. The molecule has 0 saturated carbocycles. The first-order chi connectivity index (χ1) is 16.6. The number of nitrogens with zero attached hydrogens (tertiary/aromatic N) is 3. The fraction of sp³-hybridized carbons (Fsp3) is 0.348. The van der Waals surface area contributed by atoms with E-state index in [2.05, 4.69) is 25.8 Å². The van der Waals surface area contributed by atoms with Crippen LogP contribution in [0.5, 0.6) is 0 Å². The molecule has 4 rings (SSSR count). The van der Waals surface area contributed by atoms with Gasteiger partial charge in [-0.05, 0) is 50.1 Å². The maximum absolute atomic E-state index is 12.2. The minimum absolute atomic E-state index is 0.107. The van der Waals surface area contributed by atoms with Gasteiger partial charge in [-0.1, -0.05) is 22.9 Å². The highest BCUT2D eigenvalue weighted by Gasteiger charge is 2.38. The Kier molecular flexibility index (Phi) is 8.18. The number of carboxylic acid groups (broad SMARTS) is 1. The van der Waals surface area contributed by atoms with Crippen molar-refractivity contribution in [3.8, 4) is 11.4 Å². The van der Waals surface area contributed by atoms with Crippen molar-refractivity contribution in [2.45, 2.75) is 39.4 Å². The van der Waals surface area contributed by atoms with Gasteiger partial charge < -0.3 is 20.3 Å². The van der Waals surface area contributed by atoms with Gasteiger partial charge in [0.15, 0.2) is 0 Å². The van der Waals surface area contributed by atoms with E-state index in [1.54, 1.807) is 0 Å². The largest absolute Gasteiger partial charge is 0.490 e. The maximum Gasteiger partial charge on any atom is 0.490 e. The summed E-state index contributed by atoms with van der Waals surface area (Å²) >= 11 is 0. The molecule has 1 amide bonds. The number of pyridine rings is 1. The second-order valence-electron chi connectivity index (χ2n) is 7.84. The van der Waals surface area contributed by atoms with Crippen LogP contribution >= 0.6 is 0 Å². The third kappa shape index (κ3) is 6.85. The lowest BCUT2D eigenvalue weighted by Gasteiger charge is -2.19. The van der Waals surface area contributed by atoms with Crippen molar-refractivity contribution in [2.24, 2.45) is 0 Å². The molecular formula is C23H24F3N5O4. The van der Waals surface area contributed by atoms with Crippen molar-refractivity contribution in [3.05, 3.63) is 64.3 Å². The van der Waals surface area contributed by atoms with E-state index in [-0.39, 0.29) is 5.91 Å². The zero-order valence-electron chi connectivity index (χ0n) is 19.1. The highest BCUT2D eigenvalue weighted by atomic mass is 19.4. The number of halogens is 3. The van der Waals surface area contributed by atoms with Crippen LogP contribution in [0.2, 0.25) is 0 Å². The standard InChI is InChI=1S/C21H23N5O2.C2HF3O2/c1-13-3-5-15(6-4-13)21(27)23-10-8-18-25-20(26-28-18)19-14(2)24-12-16-11-22-9-7-17(16)19;3-2(4,5)1(6)7/h3-6,12,22H,7-11H2,1-2H3,(H,23,27);(H,6,7). The van der Waals surface area contributed by atoms with Gasteiger partial charge in [-0.25, -0.2) is 4.79 Å². The predicted octanol–water partition coefficient (Wildman–Crippen LogP) is 3.00. The van der Waals surface area contributed by atoms with Crippen LogP contribution in [0.3, 0.4) is 0 Å². The molecule has 2 aromatic heterocycles. The average molecular weight is 491 g/mol. The first kappa shape index (κ1) is 25.8. The Labute approximate surface area is 198 Å². The summed E-state index contributed by atoms with van der Waals surface area (Å²) in [7, 11) is 0. The third-order valence-corrected chi connectivity index (χ3v) is 5.20. The molecule has 0 saturated heterocycles. The molecule has 186 valence electrons. The first-order valence-corrected chi connectivity index (χ1v) is 10.7. The Hall–Kier alpha value is -3.80. The maximum atomic E-state index is 12.2. The van der Waals surface area contributed by atoms with Gasteiger partial charge in [-0.2, -0.15) is 18.2 Å². The monoisotopic (exact) mass is 491 g/mol. The number of nitrogens with one attached hydrogen (secondary N) is 2. The second-order valence-corrected chi connectivity index (χ2v) is 7.84. The molecule has 35 heavy (non-hydrogen) atoms. The highest BCUT2D eigenvalue weighted by molar-refractivity contribution is 5.94. The molecule has 0 fully saturated rings. The highest BCUT2D eigenvalue weighted by Crippen LogP contribution is 2.28. The SMILES string of the molecule is Cc1ccc(C(=O)NCCc2nc(-c3c(C)ncc4c3CCNC4)no2)cc1.O=C(O)C(F)(F)F. The number of benzene rings is 1. The van der Waals surface area contributed by atoms with Crippen molar-refractivity contribution in [1.82, 2.24) is 25.8 Å². The fourth-order valence-electron chi connectivity index (χ4n) is 3.42. The summed E-state index contributed by atoms with van der Waals surface area (Å²) in [6.07, 6.45) is -1.76. The van der Waals surface area contributed by atoms with E-state index >= 15 is 0 Å². The molecule has 9 nitrogen and oxygen atoms in total. The number of fused-ring (bicyclic) bond motifs is 1. The lowest BCUT2D eigenvalue weighted by Crippen LogP contribution is -2.25. The fourth-order valence-corrected chi connectivity index (χ4v) is 3.42. The minimum Gasteiger partial charge on any atom is -0.475 e. The Morgan fingerprint density at radius 2 is 1.89 bits per heavy atom. The summed E-state index contributed by atoms with van der Waals surface area (Å²) in [6, 6.07) is 7.48. The van der Waals surface area contributed by atoms with E-state index in [9.17, 15) is 18.0 Å². The topological polar surface area (TPSA) is 130 Å². The van der Waals surface area contributed by atoms with Gasteiger partial charge in [0.25, 0.3) is 5.91 Å². The van der Waals surface area contributed by atoms with E-state index < -0.39 is 12.1 Å². The van der Waals surface area contributed by atoms with Crippen molar-refractivity contribution >= 4 is 11.9 Å². The van der Waals surface area contributed by atoms with Crippen LogP contribution in [0.15, 0.2) is 35.0 Å². The lowest BCUT2D eigenvalue weighted by atomic mass is 9.95. The Morgan fingerprint density at radius 3 is 2.54 bits per heavy atom. The van der Waals surface area contributed by atoms with E-state index in [1.807, 2.05) is 44.3 Å². The summed E-state index contributed by atoms with van der Waals surface area (Å²) < 4.78 is 37.1. The van der Waals surface area contributed by atoms with Crippen molar-refractivity contribution in [2.75, 3.05) is 13.1 Å². The molecule has 0 atom stereocenters. The van der Waals surface area contributed by atoms with Crippen LogP contribution in [0.1, 0.15) is 38.6 Å². The van der Waals surface area contributed by atoms with Gasteiger partial charge in [-0.15, -0.1) is 0 Å². The zero-order valence-corrected chi connectivity index (χ0v) is 19.1. The molecule has 0 unspecified atom stereocenters. The van der Waals surface area contributed by atoms with Crippen LogP contribution in [0.4, 0.5) is 13.2 Å². The number of carboxylic acids is 1. The molecule has 3 aromatic rings. The molecule has 3 heterocycles. The van der Waals surface area contributed by atoms with E-state index in [0.717, 1.165) is 36.3 Å². The summed E-state index contributed by atoms with van der Waals surface area (Å²) in [5, 5.41) is 17.5. The molecule has 0 aliphatic carbocycles. The molecular weight excluding hydrogens is 467 g/mol. The first-order valence-electron chi connectivity index (χ1n) is 10.7. The van der Waals surface area contributed by atoms with E-state index in [0.29, 0.717) is 30.2 Å². The molecule has 12 heteroatoms. The quantitative estimate of drug-likeness (QED) is 0.497. The Balaban J connectivity index is 0.000000429. The zero-order chi connectivity index (χ0) is 25.6. The van der Waals surface area contributed by atoms with Gasteiger partial charge in [0.1, 0.15) is 0 Å². The van der Waals surface area contributed by atoms with Gasteiger partial charge in [0.05, 0.1) is 0 Å². The predicted molar refractivity (Wildman–Crippen MR) is 119 cm³/mol. The number of rotatable bonds is 5. The molecule has 1 aliphatic heterocycles. The molecule has 1 aromatic carbocycles. The van der Waals surface area contributed by atoms with E-state index in [1.165, 1.54) is 11.1 Å². The number of aromatic nitrogens is 3. The van der Waals surface area contributed by atoms with Gasteiger partial charge in [0, 0.05) is 42.5 Å². The van der Waals surface area contributed by atoms with Crippen LogP contribution in [-0.2, 0) is 24.2 Å². The average Bonchev–Trinajstić information content (AvgIpc) is 3.27. The second kappa shape index (κ2) is 11.1. The number of hydrogen-bond acceptors (Lipinski definition) is 7. The van der Waals surface area contributed by atoms with Crippen LogP contribution in [0.25, 0.3) is 11.4 Å². The van der Waals surface area contributed by atoms with Crippen LogP contribution in [0, 0.1) is 13.8 Å². The minimum atomic E-state index is -5.08. The number of carbonyl (C=O) groups is 2. The van der Waals surface area contributed by atoms with Gasteiger partial charge in [0.2, 0.25) is 11.7 Å². The van der Waals surface area contributed by atoms with E-state index in [4.69, 9.17) is 14.4 Å². The summed E-state index contributed by atoms with van der Waals surface area (Å²) in [4.78, 5) is 30.1. The molecule has 0 radical (unpaired) electrons. The van der Waals surface area contributed by atoms with Crippen molar-refractivity contribution < 1.29 is 32.4 Å². The van der Waals surface area contributed by atoms with Crippen LogP contribution in [-0.4, -0.2) is 51.4 Å². The Bertz CT molecular complexity index is 1190. The number of hydrogen-bond donors (Lipinski definition) is 3. The normalized spacial score (nSPS) is 12.8. The molecule has 0 spiro atoms. The number of carbonyl (C=O) groups excluding carboxylic acids is 1. The number of amides is 1. The Morgan fingerprint density at radius 1 is 1.20 bits per heavy atom. The number of aryl methyl sites for hydroxylation is 2. The molecule has 1 aliphatic rings. The number of alkyl halides is 3. The van der Waals surface area contributed by atoms with Crippen molar-refractivity contribution in [1.29, 1.82) is 0 Å². The summed E-state index contributed by atoms with van der Waals surface area (Å²) in [5.41, 5.74) is 6.06. The van der Waals surface area contributed by atoms with Gasteiger partial charge in [-0.3, -0.25) is 9.78 Å².